The number of para-hydroxylation sites is 2. The normalized spacial score (nSPS) is 21.5. The van der Waals surface area contributed by atoms with Crippen LogP contribution in [0.5, 0.6) is 0 Å². The number of Topliss-reactive ketones (excluding diaryl/α,β-unsaturated/α-hetero) is 1. The van der Waals surface area contributed by atoms with Crippen molar-refractivity contribution in [1.82, 2.24) is 0 Å². The Labute approximate surface area is 161 Å². The van der Waals surface area contributed by atoms with Gasteiger partial charge in [0.1, 0.15) is 17.7 Å². The molecule has 2 atom stereocenters. The number of imide groups is 1. The number of rotatable bonds is 3. The first-order valence-corrected chi connectivity index (χ1v) is 8.86. The van der Waals surface area contributed by atoms with Crippen LogP contribution >= 0.6 is 11.6 Å². The second kappa shape index (κ2) is 6.32. The summed E-state index contributed by atoms with van der Waals surface area (Å²) in [6.45, 7) is 3.24. The van der Waals surface area contributed by atoms with Crippen LogP contribution in [0.2, 0.25) is 5.02 Å². The molecule has 0 saturated carbocycles. The maximum atomic E-state index is 13.2. The molecule has 1 saturated heterocycles. The molecule has 136 valence electrons. The second-order valence-electron chi connectivity index (χ2n) is 6.56. The first-order chi connectivity index (χ1) is 12.9. The molecule has 7 heteroatoms. The number of halogens is 1. The standard InChI is InChI=1S/C20H16ClN3O3/c1-11-7-3-5-9-14(11)24-18-16(17(22-24)12(2)25)19(26)23(20(18)27)15-10-6-4-8-13(15)21/h3-10,16,18H,1-2H3. The number of amides is 2. The van der Waals surface area contributed by atoms with Gasteiger partial charge >= 0.3 is 0 Å². The molecule has 2 aromatic rings. The van der Waals surface area contributed by atoms with E-state index in [-0.39, 0.29) is 11.5 Å². The summed E-state index contributed by atoms with van der Waals surface area (Å²) in [6, 6.07) is 13.2. The monoisotopic (exact) mass is 381 g/mol. The van der Waals surface area contributed by atoms with Gasteiger partial charge in [-0.05, 0) is 30.7 Å². The molecule has 1 fully saturated rings. The number of ketones is 1. The predicted molar refractivity (Wildman–Crippen MR) is 103 cm³/mol. The van der Waals surface area contributed by atoms with Crippen molar-refractivity contribution in [1.29, 1.82) is 0 Å². The SMILES string of the molecule is CC(=O)C1=NN(c2ccccc2C)C2C(=O)N(c3ccccc3Cl)C(=O)C12. The third-order valence-electron chi connectivity index (χ3n) is 4.87. The average molecular weight is 382 g/mol. The first kappa shape index (κ1) is 17.4. The van der Waals surface area contributed by atoms with Crippen molar-refractivity contribution in [2.45, 2.75) is 19.9 Å². The molecule has 6 nitrogen and oxygen atoms in total. The van der Waals surface area contributed by atoms with E-state index in [2.05, 4.69) is 5.10 Å². The molecule has 0 spiro atoms. The third-order valence-corrected chi connectivity index (χ3v) is 5.19. The molecule has 2 amide bonds. The lowest BCUT2D eigenvalue weighted by molar-refractivity contribution is -0.122. The predicted octanol–water partition coefficient (Wildman–Crippen LogP) is 2.97. The van der Waals surface area contributed by atoms with E-state index in [4.69, 9.17) is 11.6 Å². The van der Waals surface area contributed by atoms with Gasteiger partial charge in [0.2, 0.25) is 5.91 Å². The van der Waals surface area contributed by atoms with Gasteiger partial charge in [0.05, 0.1) is 16.4 Å². The summed E-state index contributed by atoms with van der Waals surface area (Å²) in [5.41, 5.74) is 1.99. The van der Waals surface area contributed by atoms with E-state index < -0.39 is 23.8 Å². The molecule has 2 aliphatic rings. The van der Waals surface area contributed by atoms with E-state index in [1.165, 1.54) is 11.9 Å². The van der Waals surface area contributed by atoms with Gasteiger partial charge in [0.25, 0.3) is 5.91 Å². The highest BCUT2D eigenvalue weighted by Gasteiger charge is 2.58. The van der Waals surface area contributed by atoms with Crippen LogP contribution in [0.1, 0.15) is 12.5 Å². The number of aryl methyl sites for hydroxylation is 1. The Bertz CT molecular complexity index is 1020. The Morgan fingerprint density at radius 3 is 2.26 bits per heavy atom. The Hall–Kier alpha value is -2.99. The number of nitrogens with zero attached hydrogens (tertiary/aromatic N) is 3. The van der Waals surface area contributed by atoms with Gasteiger partial charge in [0, 0.05) is 6.92 Å². The van der Waals surface area contributed by atoms with Crippen molar-refractivity contribution in [2.24, 2.45) is 11.0 Å². The van der Waals surface area contributed by atoms with E-state index in [1.54, 1.807) is 24.3 Å². The molecule has 0 bridgehead atoms. The van der Waals surface area contributed by atoms with Crippen molar-refractivity contribution in [3.8, 4) is 0 Å². The van der Waals surface area contributed by atoms with Gasteiger partial charge in [0.15, 0.2) is 5.78 Å². The zero-order valence-electron chi connectivity index (χ0n) is 14.7. The molecule has 0 aliphatic carbocycles. The van der Waals surface area contributed by atoms with Crippen molar-refractivity contribution in [3.05, 3.63) is 59.1 Å². The second-order valence-corrected chi connectivity index (χ2v) is 6.97. The zero-order chi connectivity index (χ0) is 19.3. The number of hydrazone groups is 1. The highest BCUT2D eigenvalue weighted by atomic mass is 35.5. The highest BCUT2D eigenvalue weighted by Crippen LogP contribution is 2.40. The summed E-state index contributed by atoms with van der Waals surface area (Å²) in [7, 11) is 0. The van der Waals surface area contributed by atoms with Gasteiger partial charge in [-0.1, -0.05) is 41.9 Å². The summed E-state index contributed by atoms with van der Waals surface area (Å²) < 4.78 is 0. The molecule has 2 unspecified atom stereocenters. The quantitative estimate of drug-likeness (QED) is 0.766. The number of hydrogen-bond acceptors (Lipinski definition) is 5. The van der Waals surface area contributed by atoms with Gasteiger partial charge in [-0.2, -0.15) is 5.10 Å². The minimum absolute atomic E-state index is 0.0937. The van der Waals surface area contributed by atoms with Crippen LogP contribution in [0, 0.1) is 12.8 Å². The Kier molecular flexibility index (Phi) is 4.08. The van der Waals surface area contributed by atoms with Crippen LogP contribution < -0.4 is 9.91 Å². The molecule has 2 aliphatic heterocycles. The van der Waals surface area contributed by atoms with Crippen molar-refractivity contribution < 1.29 is 14.4 Å². The lowest BCUT2D eigenvalue weighted by atomic mass is 9.95. The van der Waals surface area contributed by atoms with Gasteiger partial charge in [-0.25, -0.2) is 4.90 Å². The molecule has 2 aromatic carbocycles. The fourth-order valence-corrected chi connectivity index (χ4v) is 3.81. The number of hydrogen-bond donors (Lipinski definition) is 0. The summed E-state index contributed by atoms with van der Waals surface area (Å²) in [5, 5.41) is 6.14. The molecule has 2 heterocycles. The molecular formula is C20H16ClN3O3. The Balaban J connectivity index is 1.85. The van der Waals surface area contributed by atoms with Crippen LogP contribution in [0.25, 0.3) is 0 Å². The Morgan fingerprint density at radius 1 is 1.00 bits per heavy atom. The molecule has 27 heavy (non-hydrogen) atoms. The fraction of sp³-hybridized carbons (Fsp3) is 0.200. The fourth-order valence-electron chi connectivity index (χ4n) is 3.59. The minimum atomic E-state index is -0.939. The highest BCUT2D eigenvalue weighted by molar-refractivity contribution is 6.49. The zero-order valence-corrected chi connectivity index (χ0v) is 15.5. The van der Waals surface area contributed by atoms with E-state index in [1.807, 2.05) is 31.2 Å². The lowest BCUT2D eigenvalue weighted by Crippen LogP contribution is -2.39. The van der Waals surface area contributed by atoms with E-state index >= 15 is 0 Å². The third kappa shape index (κ3) is 2.56. The minimum Gasteiger partial charge on any atom is -0.293 e. The molecular weight excluding hydrogens is 366 g/mol. The lowest BCUT2D eigenvalue weighted by Gasteiger charge is -2.23. The van der Waals surface area contributed by atoms with Gasteiger partial charge < -0.3 is 0 Å². The van der Waals surface area contributed by atoms with Crippen molar-refractivity contribution >= 4 is 46.3 Å². The van der Waals surface area contributed by atoms with Crippen molar-refractivity contribution in [2.75, 3.05) is 9.91 Å². The van der Waals surface area contributed by atoms with Crippen LogP contribution in [-0.4, -0.2) is 29.4 Å². The number of fused-ring (bicyclic) bond motifs is 1. The molecule has 4 rings (SSSR count). The average Bonchev–Trinajstić information content (AvgIpc) is 3.14. The Morgan fingerprint density at radius 2 is 1.63 bits per heavy atom. The maximum Gasteiger partial charge on any atom is 0.259 e. The topological polar surface area (TPSA) is 70.1 Å². The summed E-state index contributed by atoms with van der Waals surface area (Å²) >= 11 is 6.21. The number of carbonyl (C=O) groups is 3. The van der Waals surface area contributed by atoms with Crippen LogP contribution in [-0.2, 0) is 14.4 Å². The number of anilines is 2. The van der Waals surface area contributed by atoms with Crippen LogP contribution in [0.3, 0.4) is 0 Å². The van der Waals surface area contributed by atoms with E-state index in [9.17, 15) is 14.4 Å². The number of benzene rings is 2. The van der Waals surface area contributed by atoms with E-state index in [0.29, 0.717) is 16.4 Å². The number of carbonyl (C=O) groups excluding carboxylic acids is 3. The van der Waals surface area contributed by atoms with Gasteiger partial charge in [-0.3, -0.25) is 19.4 Å². The van der Waals surface area contributed by atoms with Crippen LogP contribution in [0.15, 0.2) is 53.6 Å². The summed E-state index contributed by atoms with van der Waals surface area (Å²) in [4.78, 5) is 39.6. The van der Waals surface area contributed by atoms with Gasteiger partial charge in [-0.15, -0.1) is 0 Å². The maximum absolute atomic E-state index is 13.2. The van der Waals surface area contributed by atoms with Crippen molar-refractivity contribution in [3.63, 3.8) is 0 Å². The summed E-state index contributed by atoms with van der Waals surface area (Å²) in [6.07, 6.45) is 0. The molecule has 0 radical (unpaired) electrons. The molecule has 0 aromatic heterocycles. The molecule has 0 N–H and O–H groups in total. The summed E-state index contributed by atoms with van der Waals surface area (Å²) in [5.74, 6) is -2.20. The smallest absolute Gasteiger partial charge is 0.259 e. The first-order valence-electron chi connectivity index (χ1n) is 8.48. The largest absolute Gasteiger partial charge is 0.293 e. The van der Waals surface area contributed by atoms with E-state index in [0.717, 1.165) is 10.5 Å². The van der Waals surface area contributed by atoms with Crippen LogP contribution in [0.4, 0.5) is 11.4 Å².